The van der Waals surface area contributed by atoms with Gasteiger partial charge in [-0.1, -0.05) is 19.1 Å². The van der Waals surface area contributed by atoms with Crippen LogP contribution >= 0.6 is 0 Å². The highest BCUT2D eigenvalue weighted by atomic mass is 19.3. The Kier molecular flexibility index (Phi) is 4.21. The van der Waals surface area contributed by atoms with Gasteiger partial charge < -0.3 is 10.1 Å². The fourth-order valence-electron chi connectivity index (χ4n) is 2.82. The van der Waals surface area contributed by atoms with Gasteiger partial charge in [0.1, 0.15) is 5.75 Å². The fraction of sp³-hybridized carbons (Fsp3) is 0.562. The summed E-state index contributed by atoms with van der Waals surface area (Å²) in [5.74, 6) is -2.49. The quantitative estimate of drug-likeness (QED) is 0.929. The van der Waals surface area contributed by atoms with Crippen molar-refractivity contribution in [3.8, 4) is 5.75 Å². The van der Waals surface area contributed by atoms with Crippen LogP contribution in [-0.2, 0) is 16.1 Å². The second-order valence-electron chi connectivity index (χ2n) is 5.96. The van der Waals surface area contributed by atoms with Gasteiger partial charge in [0.25, 0.3) is 5.92 Å². The molecule has 0 bridgehead atoms. The molecule has 1 N–H and O–H groups in total. The number of carbonyl (C=O) groups is 1. The van der Waals surface area contributed by atoms with Gasteiger partial charge in [-0.2, -0.15) is 0 Å². The molecule has 0 spiro atoms. The van der Waals surface area contributed by atoms with Crippen LogP contribution in [0, 0.1) is 0 Å². The Labute approximate surface area is 123 Å². The summed E-state index contributed by atoms with van der Waals surface area (Å²) in [4.78, 5) is 11.8. The number of benzene rings is 1. The monoisotopic (exact) mass is 297 g/mol. The Morgan fingerprint density at radius 2 is 2.19 bits per heavy atom. The van der Waals surface area contributed by atoms with Gasteiger partial charge in [0.05, 0.1) is 6.61 Å². The minimum atomic E-state index is -2.90. The Hall–Kier alpha value is -1.65. The summed E-state index contributed by atoms with van der Waals surface area (Å²) in [6.45, 7) is 3.34. The van der Waals surface area contributed by atoms with Crippen molar-refractivity contribution in [2.24, 2.45) is 0 Å². The van der Waals surface area contributed by atoms with Crippen molar-refractivity contribution in [1.29, 1.82) is 0 Å². The molecule has 2 rings (SSSR count). The molecule has 1 aromatic rings. The number of amides is 1. The average Bonchev–Trinajstić information content (AvgIpc) is 2.57. The molecule has 3 nitrogen and oxygen atoms in total. The first-order valence-corrected chi connectivity index (χ1v) is 7.12. The van der Waals surface area contributed by atoms with Crippen LogP contribution in [0.25, 0.3) is 0 Å². The highest BCUT2D eigenvalue weighted by Crippen LogP contribution is 2.42. The lowest BCUT2D eigenvalue weighted by Gasteiger charge is -2.29. The molecule has 0 radical (unpaired) electrons. The van der Waals surface area contributed by atoms with Crippen molar-refractivity contribution in [1.82, 2.24) is 5.32 Å². The topological polar surface area (TPSA) is 38.3 Å². The third-order valence-corrected chi connectivity index (χ3v) is 4.10. The first kappa shape index (κ1) is 15.7. The van der Waals surface area contributed by atoms with Gasteiger partial charge in [-0.15, -0.1) is 0 Å². The number of hydrogen-bond acceptors (Lipinski definition) is 2. The van der Waals surface area contributed by atoms with Gasteiger partial charge in [-0.05, 0) is 18.9 Å². The maximum absolute atomic E-state index is 13.5. The largest absolute Gasteiger partial charge is 0.493 e. The number of fused-ring (bicyclic) bond motifs is 1. The highest BCUT2D eigenvalue weighted by molar-refractivity contribution is 5.77. The third kappa shape index (κ3) is 3.34. The molecule has 1 heterocycles. The van der Waals surface area contributed by atoms with Crippen LogP contribution in [0.5, 0.6) is 5.75 Å². The maximum Gasteiger partial charge on any atom is 0.270 e. The smallest absolute Gasteiger partial charge is 0.270 e. The third-order valence-electron chi connectivity index (χ3n) is 4.10. The minimum absolute atomic E-state index is 0.0600. The predicted molar refractivity (Wildman–Crippen MR) is 76.8 cm³/mol. The lowest BCUT2D eigenvalue weighted by atomic mass is 9.75. The standard InChI is InChI=1S/C16H21F2NO2/c1-15(10-14(20)19-3)7-4-8-21-13-9-11(16(2,17)18)5-6-12(13)15/h5-6,9H,4,7-8,10H2,1-3H3,(H,19,20). The number of hydrogen-bond donors (Lipinski definition) is 1. The molecule has 0 aliphatic carbocycles. The van der Waals surface area contributed by atoms with Crippen molar-refractivity contribution < 1.29 is 18.3 Å². The van der Waals surface area contributed by atoms with Crippen molar-refractivity contribution in [2.75, 3.05) is 13.7 Å². The zero-order chi connectivity index (χ0) is 15.7. The van der Waals surface area contributed by atoms with E-state index in [9.17, 15) is 13.6 Å². The molecule has 1 aliphatic heterocycles. The van der Waals surface area contributed by atoms with E-state index < -0.39 is 11.3 Å². The Bertz CT molecular complexity index is 540. The molecule has 0 saturated heterocycles. The number of alkyl halides is 2. The van der Waals surface area contributed by atoms with Crippen LogP contribution in [-0.4, -0.2) is 19.6 Å². The summed E-state index contributed by atoms with van der Waals surface area (Å²) in [6.07, 6.45) is 1.90. The molecule has 1 aromatic carbocycles. The van der Waals surface area contributed by atoms with Gasteiger partial charge in [0, 0.05) is 36.9 Å². The van der Waals surface area contributed by atoms with E-state index >= 15 is 0 Å². The molecule has 0 aromatic heterocycles. The van der Waals surface area contributed by atoms with Crippen molar-refractivity contribution in [3.05, 3.63) is 29.3 Å². The van der Waals surface area contributed by atoms with Crippen LogP contribution in [0.15, 0.2) is 18.2 Å². The zero-order valence-corrected chi connectivity index (χ0v) is 12.6. The van der Waals surface area contributed by atoms with E-state index in [0.29, 0.717) is 18.8 Å². The predicted octanol–water partition coefficient (Wildman–Crippen LogP) is 3.36. The van der Waals surface area contributed by atoms with Gasteiger partial charge in [-0.25, -0.2) is 8.78 Å². The summed E-state index contributed by atoms with van der Waals surface area (Å²) in [5, 5.41) is 2.62. The molecule has 1 unspecified atom stereocenters. The molecule has 1 amide bonds. The van der Waals surface area contributed by atoms with Crippen molar-refractivity contribution >= 4 is 5.91 Å². The molecular formula is C16H21F2NO2. The van der Waals surface area contributed by atoms with Gasteiger partial charge in [-0.3, -0.25) is 4.79 Å². The Balaban J connectivity index is 2.44. The van der Waals surface area contributed by atoms with E-state index in [1.54, 1.807) is 13.1 Å². The first-order valence-electron chi connectivity index (χ1n) is 7.12. The van der Waals surface area contributed by atoms with Gasteiger partial charge >= 0.3 is 0 Å². The van der Waals surface area contributed by atoms with Gasteiger partial charge in [0.15, 0.2) is 0 Å². The van der Waals surface area contributed by atoms with E-state index in [1.807, 2.05) is 6.92 Å². The Morgan fingerprint density at radius 3 is 2.81 bits per heavy atom. The second-order valence-corrected chi connectivity index (χ2v) is 5.96. The normalized spacial score (nSPS) is 22.0. The summed E-state index contributed by atoms with van der Waals surface area (Å²) in [5.41, 5.74) is 0.370. The van der Waals surface area contributed by atoms with Crippen LogP contribution in [0.2, 0.25) is 0 Å². The molecular weight excluding hydrogens is 276 g/mol. The number of carbonyl (C=O) groups excluding carboxylic acids is 1. The number of nitrogens with one attached hydrogen (secondary N) is 1. The SMILES string of the molecule is CNC(=O)CC1(C)CCCOc2cc(C(C)(F)F)ccc21. The van der Waals surface area contributed by atoms with Crippen LogP contribution in [0.1, 0.15) is 44.2 Å². The molecule has 5 heteroatoms. The van der Waals surface area contributed by atoms with E-state index in [-0.39, 0.29) is 11.5 Å². The molecule has 0 fully saturated rings. The van der Waals surface area contributed by atoms with E-state index in [4.69, 9.17) is 4.74 Å². The van der Waals surface area contributed by atoms with Gasteiger partial charge in [0.2, 0.25) is 5.91 Å². The lowest BCUT2D eigenvalue weighted by Crippen LogP contribution is -2.31. The number of ether oxygens (including phenoxy) is 1. The van der Waals surface area contributed by atoms with Crippen molar-refractivity contribution in [2.45, 2.75) is 44.4 Å². The summed E-state index contributed by atoms with van der Waals surface area (Å²) in [6, 6.07) is 4.51. The second kappa shape index (κ2) is 5.62. The summed E-state index contributed by atoms with van der Waals surface area (Å²) < 4.78 is 32.6. The van der Waals surface area contributed by atoms with E-state index in [2.05, 4.69) is 5.32 Å². The molecule has 1 atom stereocenters. The van der Waals surface area contributed by atoms with E-state index in [1.165, 1.54) is 12.1 Å². The summed E-state index contributed by atoms with van der Waals surface area (Å²) >= 11 is 0. The fourth-order valence-corrected chi connectivity index (χ4v) is 2.82. The molecule has 0 saturated carbocycles. The van der Waals surface area contributed by atoms with Crippen LogP contribution in [0.3, 0.4) is 0 Å². The summed E-state index contributed by atoms with van der Waals surface area (Å²) in [7, 11) is 1.60. The highest BCUT2D eigenvalue weighted by Gasteiger charge is 2.35. The zero-order valence-electron chi connectivity index (χ0n) is 12.6. The molecule has 21 heavy (non-hydrogen) atoms. The molecule has 1 aliphatic rings. The van der Waals surface area contributed by atoms with Crippen LogP contribution < -0.4 is 10.1 Å². The molecule has 116 valence electrons. The van der Waals surface area contributed by atoms with Crippen molar-refractivity contribution in [3.63, 3.8) is 0 Å². The number of rotatable bonds is 3. The van der Waals surface area contributed by atoms with Crippen LogP contribution in [0.4, 0.5) is 8.78 Å². The minimum Gasteiger partial charge on any atom is -0.493 e. The maximum atomic E-state index is 13.5. The first-order chi connectivity index (χ1) is 9.76. The average molecular weight is 297 g/mol. The Morgan fingerprint density at radius 1 is 1.48 bits per heavy atom. The number of halogens is 2. The van der Waals surface area contributed by atoms with E-state index in [0.717, 1.165) is 25.3 Å². The lowest BCUT2D eigenvalue weighted by molar-refractivity contribution is -0.121.